The Morgan fingerprint density at radius 3 is 2.50 bits per heavy atom. The number of carboxylic acid groups (broad SMARTS) is 1. The maximum atomic E-state index is 12.9. The van der Waals surface area contributed by atoms with Crippen molar-refractivity contribution in [3.05, 3.63) is 23.3 Å². The topological polar surface area (TPSA) is 157 Å². The molecule has 1 aromatic rings. The van der Waals surface area contributed by atoms with Gasteiger partial charge in [0.1, 0.15) is 24.4 Å². The molecule has 10 heteroatoms. The van der Waals surface area contributed by atoms with E-state index < -0.39 is 60.0 Å². The highest BCUT2D eigenvalue weighted by atomic mass is 16.6. The Bertz CT molecular complexity index is 1040. The third-order valence-electron chi connectivity index (χ3n) is 8.33. The second-order valence-electron chi connectivity index (χ2n) is 10.9. The first kappa shape index (κ1) is 29.7. The molecule has 10 nitrogen and oxygen atoms in total. The number of benzene rings is 1. The van der Waals surface area contributed by atoms with E-state index in [1.54, 1.807) is 21.0 Å². The molecule has 38 heavy (non-hydrogen) atoms. The molecule has 1 aliphatic carbocycles. The first-order valence-electron chi connectivity index (χ1n) is 13.4. The Kier molecular flexibility index (Phi) is 9.30. The summed E-state index contributed by atoms with van der Waals surface area (Å²) in [5, 5.41) is 21.9. The second-order valence-corrected chi connectivity index (χ2v) is 10.9. The normalized spacial score (nSPS) is 26.1. The van der Waals surface area contributed by atoms with Crippen LogP contribution in [0.4, 0.5) is 0 Å². The molecule has 5 N–H and O–H groups in total. The first-order chi connectivity index (χ1) is 17.9. The SMILES string of the molecule is CC[C@H](OC(=O)CC(O)C(=O)NC(C(=O)O)C(C)C)[C@@H]1Oc2c(OC)ccc3c2[C@]1(CCN)C(C)[C@H](C)C3. The highest BCUT2D eigenvalue weighted by Crippen LogP contribution is 2.60. The fourth-order valence-corrected chi connectivity index (χ4v) is 6.19. The van der Waals surface area contributed by atoms with Gasteiger partial charge in [-0.25, -0.2) is 4.79 Å². The Balaban J connectivity index is 1.85. The smallest absolute Gasteiger partial charge is 0.326 e. The predicted octanol–water partition coefficient (Wildman–Crippen LogP) is 2.17. The van der Waals surface area contributed by atoms with Gasteiger partial charge in [0.2, 0.25) is 5.91 Å². The van der Waals surface area contributed by atoms with E-state index in [0.717, 1.165) is 12.0 Å². The zero-order valence-electron chi connectivity index (χ0n) is 23.2. The second kappa shape index (κ2) is 11.9. The lowest BCUT2D eigenvalue weighted by molar-refractivity contribution is -0.161. The van der Waals surface area contributed by atoms with Crippen molar-refractivity contribution in [3.63, 3.8) is 0 Å². The molecule has 0 radical (unpaired) electrons. The Morgan fingerprint density at radius 2 is 1.95 bits per heavy atom. The summed E-state index contributed by atoms with van der Waals surface area (Å²) in [4.78, 5) is 36.7. The van der Waals surface area contributed by atoms with E-state index in [9.17, 15) is 24.6 Å². The summed E-state index contributed by atoms with van der Waals surface area (Å²) >= 11 is 0. The Morgan fingerprint density at radius 1 is 1.26 bits per heavy atom. The fraction of sp³-hybridized carbons (Fsp3) is 0.679. The maximum Gasteiger partial charge on any atom is 0.326 e. The molecular weight excluding hydrogens is 492 g/mol. The molecule has 0 aromatic heterocycles. The van der Waals surface area contributed by atoms with Crippen LogP contribution in [-0.2, 0) is 31.0 Å². The van der Waals surface area contributed by atoms with Crippen LogP contribution in [0.2, 0.25) is 0 Å². The van der Waals surface area contributed by atoms with Crippen LogP contribution in [0.25, 0.3) is 0 Å². The molecule has 0 spiro atoms. The van der Waals surface area contributed by atoms with Crippen molar-refractivity contribution >= 4 is 17.8 Å². The summed E-state index contributed by atoms with van der Waals surface area (Å²) in [6.07, 6.45) is -1.62. The van der Waals surface area contributed by atoms with Crippen LogP contribution in [0, 0.1) is 17.8 Å². The number of nitrogens with two attached hydrogens (primary N) is 1. The largest absolute Gasteiger partial charge is 0.493 e. The molecule has 2 aliphatic rings. The van der Waals surface area contributed by atoms with Crippen LogP contribution in [0.3, 0.4) is 0 Å². The molecule has 0 saturated carbocycles. The summed E-state index contributed by atoms with van der Waals surface area (Å²) in [6, 6.07) is 2.79. The molecule has 212 valence electrons. The number of nitrogens with one attached hydrogen (secondary N) is 1. The van der Waals surface area contributed by atoms with E-state index in [1.807, 2.05) is 13.0 Å². The summed E-state index contributed by atoms with van der Waals surface area (Å²) < 4.78 is 18.1. The van der Waals surface area contributed by atoms with Gasteiger partial charge in [0.15, 0.2) is 11.5 Å². The quantitative estimate of drug-likeness (QED) is 0.295. The fourth-order valence-electron chi connectivity index (χ4n) is 6.19. The van der Waals surface area contributed by atoms with E-state index in [4.69, 9.17) is 19.9 Å². The monoisotopic (exact) mass is 534 g/mol. The number of hydrogen-bond donors (Lipinski definition) is 4. The van der Waals surface area contributed by atoms with Crippen LogP contribution in [-0.4, -0.2) is 66.1 Å². The van der Waals surface area contributed by atoms with Gasteiger partial charge >= 0.3 is 11.9 Å². The third kappa shape index (κ3) is 5.33. The minimum atomic E-state index is -1.75. The Hall–Kier alpha value is -2.85. The zero-order valence-corrected chi connectivity index (χ0v) is 23.2. The van der Waals surface area contributed by atoms with Gasteiger partial charge in [0.25, 0.3) is 0 Å². The number of hydrogen-bond acceptors (Lipinski definition) is 8. The van der Waals surface area contributed by atoms with Gasteiger partial charge in [-0.05, 0) is 55.2 Å². The lowest BCUT2D eigenvalue weighted by Gasteiger charge is -2.47. The highest BCUT2D eigenvalue weighted by molar-refractivity contribution is 5.89. The van der Waals surface area contributed by atoms with Gasteiger partial charge in [0, 0.05) is 11.0 Å². The van der Waals surface area contributed by atoms with Gasteiger partial charge in [-0.2, -0.15) is 0 Å². The van der Waals surface area contributed by atoms with E-state index in [0.29, 0.717) is 36.8 Å². The molecular formula is C28H42N2O8. The number of rotatable bonds is 12. The lowest BCUT2D eigenvalue weighted by Crippen LogP contribution is -2.55. The van der Waals surface area contributed by atoms with Gasteiger partial charge in [0.05, 0.1) is 13.5 Å². The summed E-state index contributed by atoms with van der Waals surface area (Å²) in [5.41, 5.74) is 7.89. The molecule has 1 amide bonds. The number of aliphatic hydroxyl groups is 1. The highest BCUT2D eigenvalue weighted by Gasteiger charge is 2.59. The van der Waals surface area contributed by atoms with Crippen molar-refractivity contribution in [1.82, 2.24) is 5.32 Å². The number of amides is 1. The molecule has 0 fully saturated rings. The van der Waals surface area contributed by atoms with Crippen molar-refractivity contribution in [2.75, 3.05) is 13.7 Å². The van der Waals surface area contributed by atoms with Gasteiger partial charge < -0.3 is 35.5 Å². The number of carbonyl (C=O) groups excluding carboxylic acids is 2. The number of ether oxygens (including phenoxy) is 3. The zero-order chi connectivity index (χ0) is 28.4. The number of methoxy groups -OCH3 is 1. The van der Waals surface area contributed by atoms with E-state index in [-0.39, 0.29) is 5.92 Å². The minimum absolute atomic E-state index is 0.171. The molecule has 1 aliphatic heterocycles. The molecule has 3 rings (SSSR count). The first-order valence-corrected chi connectivity index (χ1v) is 13.4. The summed E-state index contributed by atoms with van der Waals surface area (Å²) in [6.45, 7) is 9.96. The maximum absolute atomic E-state index is 12.9. The van der Waals surface area contributed by atoms with Crippen molar-refractivity contribution < 1.29 is 38.8 Å². The van der Waals surface area contributed by atoms with Gasteiger partial charge in [-0.15, -0.1) is 0 Å². The van der Waals surface area contributed by atoms with Gasteiger partial charge in [-0.1, -0.05) is 40.7 Å². The number of aliphatic carboxylic acids is 1. The average molecular weight is 535 g/mol. The molecule has 0 bridgehead atoms. The van der Waals surface area contributed by atoms with Crippen molar-refractivity contribution in [1.29, 1.82) is 0 Å². The van der Waals surface area contributed by atoms with E-state index >= 15 is 0 Å². The van der Waals surface area contributed by atoms with Gasteiger partial charge in [-0.3, -0.25) is 9.59 Å². The molecule has 7 atom stereocenters. The van der Waals surface area contributed by atoms with Crippen LogP contribution >= 0.6 is 0 Å². The van der Waals surface area contributed by atoms with Crippen LogP contribution in [0.1, 0.15) is 65.0 Å². The summed E-state index contributed by atoms with van der Waals surface area (Å²) in [5.74, 6) is -1.56. The van der Waals surface area contributed by atoms with Crippen LogP contribution in [0.5, 0.6) is 11.5 Å². The molecule has 1 aromatic carbocycles. The van der Waals surface area contributed by atoms with Crippen molar-refractivity contribution in [2.45, 2.75) is 90.1 Å². The average Bonchev–Trinajstić information content (AvgIpc) is 3.20. The predicted molar refractivity (Wildman–Crippen MR) is 140 cm³/mol. The molecule has 1 heterocycles. The number of carbonyl (C=O) groups is 3. The van der Waals surface area contributed by atoms with E-state index in [1.165, 1.54) is 5.56 Å². The minimum Gasteiger partial charge on any atom is -0.493 e. The van der Waals surface area contributed by atoms with Crippen LogP contribution < -0.4 is 20.5 Å². The van der Waals surface area contributed by atoms with Crippen LogP contribution in [0.15, 0.2) is 12.1 Å². The van der Waals surface area contributed by atoms with E-state index in [2.05, 4.69) is 25.2 Å². The number of esters is 1. The number of aliphatic hydroxyl groups excluding tert-OH is 1. The lowest BCUT2D eigenvalue weighted by atomic mass is 9.56. The summed E-state index contributed by atoms with van der Waals surface area (Å²) in [7, 11) is 1.59. The van der Waals surface area contributed by atoms with Crippen molar-refractivity contribution in [2.24, 2.45) is 23.5 Å². The standard InChI is InChI=1S/C28H42N2O8/c1-7-19(37-21(32)13-18(31)26(33)30-23(14(2)3)27(34)35)25-28(10-11-29)16(5)15(4)12-17-8-9-20(36-6)24(38-25)22(17)28/h8-9,14-16,18-19,23,25,31H,7,10-13,29H2,1-6H3,(H,30,33)(H,34,35)/t15-,16?,18?,19+,23?,25+,28+/m1/s1. The molecule has 3 unspecified atom stereocenters. The third-order valence-corrected chi connectivity index (χ3v) is 8.33. The van der Waals surface area contributed by atoms with Crippen molar-refractivity contribution in [3.8, 4) is 11.5 Å². The Labute approximate surface area is 224 Å². The number of carboxylic acids is 1. The molecule has 0 saturated heterocycles.